The molecule has 1 aliphatic rings. The van der Waals surface area contributed by atoms with E-state index >= 15 is 0 Å². The van der Waals surface area contributed by atoms with E-state index in [1.165, 1.54) is 11.3 Å². The summed E-state index contributed by atoms with van der Waals surface area (Å²) in [5, 5.41) is 0. The van der Waals surface area contributed by atoms with Crippen molar-refractivity contribution in [1.82, 2.24) is 4.31 Å². The molecule has 0 atom stereocenters. The van der Waals surface area contributed by atoms with E-state index in [9.17, 15) is 8.42 Å². The van der Waals surface area contributed by atoms with E-state index in [2.05, 4.69) is 30.0 Å². The second-order valence-corrected chi connectivity index (χ2v) is 6.88. The Bertz CT molecular complexity index is 505. The topological polar surface area (TPSA) is 40.6 Å². The van der Waals surface area contributed by atoms with E-state index in [4.69, 9.17) is 0 Å². The third kappa shape index (κ3) is 2.84. The van der Waals surface area contributed by atoms with Crippen LogP contribution in [0.1, 0.15) is 12.5 Å². The van der Waals surface area contributed by atoms with Crippen molar-refractivity contribution in [3.05, 3.63) is 29.8 Å². The maximum absolute atomic E-state index is 11.8. The summed E-state index contributed by atoms with van der Waals surface area (Å²) < 4.78 is 25.1. The molecule has 1 aliphatic heterocycles. The molecule has 0 amide bonds. The monoisotopic (exact) mass is 268 g/mol. The zero-order valence-electron chi connectivity index (χ0n) is 11.0. The van der Waals surface area contributed by atoms with Crippen LogP contribution >= 0.6 is 0 Å². The lowest BCUT2D eigenvalue weighted by Crippen LogP contribution is -2.49. The Kier molecular flexibility index (Phi) is 3.92. The highest BCUT2D eigenvalue weighted by molar-refractivity contribution is 7.89. The Balaban J connectivity index is 2.03. The Hall–Kier alpha value is -1.07. The van der Waals surface area contributed by atoms with Crippen LogP contribution in [0.5, 0.6) is 0 Å². The van der Waals surface area contributed by atoms with Crippen LogP contribution < -0.4 is 4.90 Å². The fourth-order valence-electron chi connectivity index (χ4n) is 2.23. The first-order chi connectivity index (χ1) is 8.53. The van der Waals surface area contributed by atoms with Crippen LogP contribution in [-0.4, -0.2) is 44.7 Å². The average molecular weight is 268 g/mol. The fourth-order valence-corrected chi connectivity index (χ4v) is 3.32. The third-order valence-electron chi connectivity index (χ3n) is 3.36. The summed E-state index contributed by atoms with van der Waals surface area (Å²) in [5.74, 6) is 0.192. The zero-order chi connectivity index (χ0) is 13.2. The van der Waals surface area contributed by atoms with E-state index in [0.29, 0.717) is 13.1 Å². The van der Waals surface area contributed by atoms with Crippen LogP contribution in [0.2, 0.25) is 0 Å². The van der Waals surface area contributed by atoms with Crippen LogP contribution in [0, 0.1) is 6.92 Å². The predicted octanol–water partition coefficient (Wildman–Crippen LogP) is 1.47. The molecule has 0 bridgehead atoms. The van der Waals surface area contributed by atoms with Gasteiger partial charge in [-0.1, -0.05) is 12.1 Å². The molecule has 18 heavy (non-hydrogen) atoms. The summed E-state index contributed by atoms with van der Waals surface area (Å²) >= 11 is 0. The first-order valence-corrected chi connectivity index (χ1v) is 7.93. The number of hydrogen-bond donors (Lipinski definition) is 0. The highest BCUT2D eigenvalue weighted by Gasteiger charge is 2.25. The minimum absolute atomic E-state index is 0.192. The Labute approximate surface area is 109 Å². The number of aryl methyl sites for hydroxylation is 1. The first kappa shape index (κ1) is 13.4. The van der Waals surface area contributed by atoms with E-state index in [-0.39, 0.29) is 5.75 Å². The number of piperazine rings is 1. The lowest BCUT2D eigenvalue weighted by Gasteiger charge is -2.35. The van der Waals surface area contributed by atoms with Crippen molar-refractivity contribution < 1.29 is 8.42 Å². The van der Waals surface area contributed by atoms with E-state index in [0.717, 1.165) is 13.1 Å². The molecule has 0 unspecified atom stereocenters. The molecule has 1 heterocycles. The van der Waals surface area contributed by atoms with Gasteiger partial charge in [0.25, 0.3) is 0 Å². The molecule has 1 fully saturated rings. The molecule has 4 nitrogen and oxygen atoms in total. The van der Waals surface area contributed by atoms with Gasteiger partial charge in [0.2, 0.25) is 10.0 Å². The van der Waals surface area contributed by atoms with E-state index in [1.54, 1.807) is 11.2 Å². The molecule has 2 rings (SSSR count). The van der Waals surface area contributed by atoms with Gasteiger partial charge in [0, 0.05) is 31.9 Å². The van der Waals surface area contributed by atoms with Gasteiger partial charge in [-0.3, -0.25) is 0 Å². The number of nitrogens with zero attached hydrogens (tertiary/aromatic N) is 2. The number of hydrogen-bond acceptors (Lipinski definition) is 3. The van der Waals surface area contributed by atoms with Gasteiger partial charge in [-0.15, -0.1) is 0 Å². The maximum Gasteiger partial charge on any atom is 0.213 e. The van der Waals surface area contributed by atoms with Gasteiger partial charge in [-0.2, -0.15) is 4.31 Å². The Morgan fingerprint density at radius 2 is 1.83 bits per heavy atom. The predicted molar refractivity (Wildman–Crippen MR) is 74.4 cm³/mol. The van der Waals surface area contributed by atoms with Crippen LogP contribution in [0.15, 0.2) is 24.3 Å². The van der Waals surface area contributed by atoms with Gasteiger partial charge in [0.05, 0.1) is 5.75 Å². The van der Waals surface area contributed by atoms with E-state index in [1.807, 2.05) is 6.07 Å². The molecule has 0 aromatic heterocycles. The number of anilines is 1. The largest absolute Gasteiger partial charge is 0.369 e. The molecule has 5 heteroatoms. The van der Waals surface area contributed by atoms with Gasteiger partial charge in [-0.05, 0) is 31.5 Å². The molecule has 1 saturated heterocycles. The average Bonchev–Trinajstić information content (AvgIpc) is 2.39. The molecule has 1 aromatic rings. The van der Waals surface area contributed by atoms with Crippen molar-refractivity contribution >= 4 is 15.7 Å². The van der Waals surface area contributed by atoms with Crippen molar-refractivity contribution in [1.29, 1.82) is 0 Å². The molecule has 0 spiro atoms. The lowest BCUT2D eigenvalue weighted by atomic mass is 10.2. The highest BCUT2D eigenvalue weighted by Crippen LogP contribution is 2.18. The molecule has 1 aromatic carbocycles. The second kappa shape index (κ2) is 5.28. The van der Waals surface area contributed by atoms with E-state index < -0.39 is 10.0 Å². The van der Waals surface area contributed by atoms with Crippen molar-refractivity contribution in [3.63, 3.8) is 0 Å². The lowest BCUT2D eigenvalue weighted by molar-refractivity contribution is 0.385. The molecule has 0 radical (unpaired) electrons. The first-order valence-electron chi connectivity index (χ1n) is 6.32. The molecule has 0 N–H and O–H groups in total. The van der Waals surface area contributed by atoms with Gasteiger partial charge in [0.15, 0.2) is 0 Å². The van der Waals surface area contributed by atoms with Crippen molar-refractivity contribution in [2.45, 2.75) is 13.8 Å². The molecule has 0 aliphatic carbocycles. The molecule has 100 valence electrons. The summed E-state index contributed by atoms with van der Waals surface area (Å²) in [6.07, 6.45) is 0. The normalized spacial score (nSPS) is 18.0. The number of rotatable bonds is 3. The molecule has 0 saturated carbocycles. The summed E-state index contributed by atoms with van der Waals surface area (Å²) in [5.41, 5.74) is 2.42. The standard InChI is InChI=1S/C13H20N2O2S/c1-3-18(16,17)15-9-7-14(8-10-15)13-6-4-5-12(2)11-13/h4-6,11H,3,7-10H2,1-2H3. The summed E-state index contributed by atoms with van der Waals surface area (Å²) in [6, 6.07) is 8.34. The quantitative estimate of drug-likeness (QED) is 0.833. The Morgan fingerprint density at radius 3 is 2.39 bits per heavy atom. The minimum atomic E-state index is -3.03. The molecular weight excluding hydrogens is 248 g/mol. The summed E-state index contributed by atoms with van der Waals surface area (Å²) in [4.78, 5) is 2.24. The van der Waals surface area contributed by atoms with Gasteiger partial charge in [-0.25, -0.2) is 8.42 Å². The van der Waals surface area contributed by atoms with Crippen LogP contribution in [-0.2, 0) is 10.0 Å². The number of benzene rings is 1. The molecular formula is C13H20N2O2S. The van der Waals surface area contributed by atoms with Crippen LogP contribution in [0.4, 0.5) is 5.69 Å². The number of sulfonamides is 1. The second-order valence-electron chi connectivity index (χ2n) is 4.63. The fraction of sp³-hybridized carbons (Fsp3) is 0.538. The van der Waals surface area contributed by atoms with Crippen molar-refractivity contribution in [3.8, 4) is 0 Å². The maximum atomic E-state index is 11.8. The zero-order valence-corrected chi connectivity index (χ0v) is 11.8. The Morgan fingerprint density at radius 1 is 1.17 bits per heavy atom. The minimum Gasteiger partial charge on any atom is -0.369 e. The smallest absolute Gasteiger partial charge is 0.213 e. The van der Waals surface area contributed by atoms with Crippen LogP contribution in [0.3, 0.4) is 0 Å². The van der Waals surface area contributed by atoms with Crippen molar-refractivity contribution in [2.24, 2.45) is 0 Å². The van der Waals surface area contributed by atoms with Crippen LogP contribution in [0.25, 0.3) is 0 Å². The van der Waals surface area contributed by atoms with Gasteiger partial charge < -0.3 is 4.90 Å². The van der Waals surface area contributed by atoms with Gasteiger partial charge >= 0.3 is 0 Å². The summed E-state index contributed by atoms with van der Waals surface area (Å²) in [7, 11) is -3.03. The van der Waals surface area contributed by atoms with Gasteiger partial charge in [0.1, 0.15) is 0 Å². The van der Waals surface area contributed by atoms with Crippen molar-refractivity contribution in [2.75, 3.05) is 36.8 Å². The summed E-state index contributed by atoms with van der Waals surface area (Å²) in [6.45, 7) is 6.48. The third-order valence-corrected chi connectivity index (χ3v) is 5.25. The SMILES string of the molecule is CCS(=O)(=O)N1CCN(c2cccc(C)c2)CC1. The highest BCUT2D eigenvalue weighted by atomic mass is 32.2.